The Hall–Kier alpha value is -0.640. The van der Waals surface area contributed by atoms with Crippen LogP contribution >= 0.6 is 11.6 Å². The third-order valence-corrected chi connectivity index (χ3v) is 4.33. The third kappa shape index (κ3) is 3.91. The monoisotopic (exact) mass is 284 g/mol. The minimum atomic E-state index is -0.217. The molecule has 0 bridgehead atoms. The second-order valence-corrected chi connectivity index (χ2v) is 6.05. The van der Waals surface area contributed by atoms with Gasteiger partial charge in [0.2, 0.25) is 0 Å². The van der Waals surface area contributed by atoms with Crippen molar-refractivity contribution in [1.29, 1.82) is 0 Å². The van der Waals surface area contributed by atoms with Gasteiger partial charge in [-0.1, -0.05) is 18.5 Å². The highest BCUT2D eigenvalue weighted by atomic mass is 35.5. The number of benzene rings is 1. The van der Waals surface area contributed by atoms with Gasteiger partial charge in [0.25, 0.3) is 0 Å². The summed E-state index contributed by atoms with van der Waals surface area (Å²) in [6, 6.07) is 4.59. The van der Waals surface area contributed by atoms with E-state index in [1.165, 1.54) is 6.07 Å². The van der Waals surface area contributed by atoms with Gasteiger partial charge in [-0.25, -0.2) is 4.39 Å². The summed E-state index contributed by atoms with van der Waals surface area (Å²) < 4.78 is 13.3. The summed E-state index contributed by atoms with van der Waals surface area (Å²) in [5.41, 5.74) is 1.01. The Labute approximate surface area is 119 Å². The summed E-state index contributed by atoms with van der Waals surface area (Å²) in [7, 11) is 0. The van der Waals surface area contributed by atoms with Crippen LogP contribution in [0.25, 0.3) is 0 Å². The molecule has 1 aliphatic heterocycles. The molecule has 1 N–H and O–H groups in total. The molecule has 0 aliphatic carbocycles. The minimum Gasteiger partial charge on any atom is -0.310 e. The lowest BCUT2D eigenvalue weighted by molar-refractivity contribution is 0.208. The van der Waals surface area contributed by atoms with Crippen LogP contribution in [0.3, 0.4) is 0 Å². The lowest BCUT2D eigenvalue weighted by Gasteiger charge is -2.32. The highest BCUT2D eigenvalue weighted by Gasteiger charge is 2.27. The molecule has 19 heavy (non-hydrogen) atoms. The Morgan fingerprint density at radius 3 is 3.00 bits per heavy atom. The lowest BCUT2D eigenvalue weighted by atomic mass is 9.98. The number of nitrogens with one attached hydrogen (secondary N) is 1. The van der Waals surface area contributed by atoms with E-state index in [9.17, 15) is 4.39 Å². The molecule has 1 atom stereocenters. The quantitative estimate of drug-likeness (QED) is 0.915. The highest BCUT2D eigenvalue weighted by molar-refractivity contribution is 6.31. The van der Waals surface area contributed by atoms with Gasteiger partial charge in [-0.3, -0.25) is 4.90 Å². The van der Waals surface area contributed by atoms with Crippen molar-refractivity contribution in [3.05, 3.63) is 34.6 Å². The second-order valence-electron chi connectivity index (χ2n) is 5.64. The average Bonchev–Trinajstić information content (AvgIpc) is 2.56. The van der Waals surface area contributed by atoms with Crippen molar-refractivity contribution in [2.75, 3.05) is 19.6 Å². The summed E-state index contributed by atoms with van der Waals surface area (Å²) in [6.45, 7) is 8.20. The summed E-state index contributed by atoms with van der Waals surface area (Å²) in [6.07, 6.45) is 2.20. The molecule has 0 spiro atoms. The predicted molar refractivity (Wildman–Crippen MR) is 78.0 cm³/mol. The van der Waals surface area contributed by atoms with Crippen molar-refractivity contribution >= 4 is 11.6 Å². The first-order valence-electron chi connectivity index (χ1n) is 6.94. The average molecular weight is 285 g/mol. The van der Waals surface area contributed by atoms with E-state index < -0.39 is 0 Å². The fraction of sp³-hybridized carbons (Fsp3) is 0.600. The van der Waals surface area contributed by atoms with E-state index in [0.29, 0.717) is 11.6 Å². The third-order valence-electron chi connectivity index (χ3n) is 3.96. The first-order valence-corrected chi connectivity index (χ1v) is 7.31. The van der Waals surface area contributed by atoms with Crippen LogP contribution in [0.5, 0.6) is 0 Å². The van der Waals surface area contributed by atoms with Gasteiger partial charge in [0.15, 0.2) is 0 Å². The van der Waals surface area contributed by atoms with Crippen molar-refractivity contribution in [3.63, 3.8) is 0 Å². The zero-order chi connectivity index (χ0) is 13.9. The van der Waals surface area contributed by atoms with Crippen molar-refractivity contribution in [1.82, 2.24) is 10.2 Å². The van der Waals surface area contributed by atoms with E-state index in [2.05, 4.69) is 24.1 Å². The topological polar surface area (TPSA) is 15.3 Å². The Morgan fingerprint density at radius 1 is 1.47 bits per heavy atom. The molecular formula is C15H22ClFN2. The highest BCUT2D eigenvalue weighted by Crippen LogP contribution is 2.22. The standard InChI is InChI=1S/C15H22ClFN2/c1-3-15(2)11-19(8-4-7-18-15)10-12-9-13(17)5-6-14(12)16/h5-6,9,18H,3-4,7-8,10-11H2,1-2H3. The summed E-state index contributed by atoms with van der Waals surface area (Å²) in [5.74, 6) is -0.217. The van der Waals surface area contributed by atoms with Crippen LogP contribution in [0.2, 0.25) is 5.02 Å². The first kappa shape index (κ1) is 14.8. The van der Waals surface area contributed by atoms with E-state index in [4.69, 9.17) is 11.6 Å². The van der Waals surface area contributed by atoms with Crippen molar-refractivity contribution in [2.24, 2.45) is 0 Å². The molecule has 0 amide bonds. The zero-order valence-corrected chi connectivity index (χ0v) is 12.4. The molecule has 1 heterocycles. The second kappa shape index (κ2) is 6.21. The van der Waals surface area contributed by atoms with Crippen LogP contribution in [0.4, 0.5) is 4.39 Å². The number of hydrogen-bond acceptors (Lipinski definition) is 2. The number of halogens is 2. The Kier molecular flexibility index (Phi) is 4.82. The smallest absolute Gasteiger partial charge is 0.123 e. The van der Waals surface area contributed by atoms with Gasteiger partial charge >= 0.3 is 0 Å². The molecule has 2 nitrogen and oxygen atoms in total. The van der Waals surface area contributed by atoms with Crippen molar-refractivity contribution in [3.8, 4) is 0 Å². The van der Waals surface area contributed by atoms with E-state index >= 15 is 0 Å². The van der Waals surface area contributed by atoms with Crippen molar-refractivity contribution < 1.29 is 4.39 Å². The van der Waals surface area contributed by atoms with Gasteiger partial charge < -0.3 is 5.32 Å². The van der Waals surface area contributed by atoms with Crippen LogP contribution in [-0.2, 0) is 6.54 Å². The van der Waals surface area contributed by atoms with Crippen LogP contribution in [0.1, 0.15) is 32.3 Å². The van der Waals surface area contributed by atoms with Crippen LogP contribution in [-0.4, -0.2) is 30.1 Å². The fourth-order valence-electron chi connectivity index (χ4n) is 2.60. The van der Waals surface area contributed by atoms with E-state index in [1.54, 1.807) is 12.1 Å². The number of hydrogen-bond donors (Lipinski definition) is 1. The number of nitrogens with zero attached hydrogens (tertiary/aromatic N) is 1. The summed E-state index contributed by atoms with van der Waals surface area (Å²) >= 11 is 6.15. The van der Waals surface area contributed by atoms with Gasteiger partial charge in [-0.15, -0.1) is 0 Å². The largest absolute Gasteiger partial charge is 0.310 e. The molecule has 0 saturated carbocycles. The van der Waals surface area contributed by atoms with Crippen molar-refractivity contribution in [2.45, 2.75) is 38.8 Å². The maximum Gasteiger partial charge on any atom is 0.123 e. The van der Waals surface area contributed by atoms with E-state index in [1.807, 2.05) is 0 Å². The molecule has 106 valence electrons. The SMILES string of the molecule is CCC1(C)CN(Cc2cc(F)ccc2Cl)CCCN1. The fourth-order valence-corrected chi connectivity index (χ4v) is 2.78. The maximum absolute atomic E-state index is 13.3. The van der Waals surface area contributed by atoms with Gasteiger partial charge in [-0.2, -0.15) is 0 Å². The molecule has 0 radical (unpaired) electrons. The summed E-state index contributed by atoms with van der Waals surface area (Å²) in [5, 5.41) is 4.25. The first-order chi connectivity index (χ1) is 9.02. The van der Waals surface area contributed by atoms with Crippen LogP contribution < -0.4 is 5.32 Å². The number of rotatable bonds is 3. The molecule has 1 unspecified atom stereocenters. The van der Waals surface area contributed by atoms with Gasteiger partial charge in [0.05, 0.1) is 0 Å². The molecule has 2 rings (SSSR count). The van der Waals surface area contributed by atoms with Crippen LogP contribution in [0.15, 0.2) is 18.2 Å². The zero-order valence-electron chi connectivity index (χ0n) is 11.7. The van der Waals surface area contributed by atoms with E-state index in [0.717, 1.165) is 38.0 Å². The predicted octanol–water partition coefficient (Wildman–Crippen LogP) is 3.44. The Morgan fingerprint density at radius 2 is 2.26 bits per heavy atom. The molecule has 1 saturated heterocycles. The molecular weight excluding hydrogens is 263 g/mol. The van der Waals surface area contributed by atoms with Crippen LogP contribution in [0, 0.1) is 5.82 Å². The molecule has 1 fully saturated rings. The van der Waals surface area contributed by atoms with Gasteiger partial charge in [0, 0.05) is 23.7 Å². The maximum atomic E-state index is 13.3. The minimum absolute atomic E-state index is 0.135. The molecule has 1 aromatic carbocycles. The molecule has 0 aromatic heterocycles. The molecule has 1 aliphatic rings. The Balaban J connectivity index is 2.10. The van der Waals surface area contributed by atoms with Gasteiger partial charge in [-0.05, 0) is 56.6 Å². The summed E-state index contributed by atoms with van der Waals surface area (Å²) in [4.78, 5) is 2.37. The van der Waals surface area contributed by atoms with Gasteiger partial charge in [0.1, 0.15) is 5.82 Å². The normalized spacial score (nSPS) is 25.3. The lowest BCUT2D eigenvalue weighted by Crippen LogP contribution is -2.48. The van der Waals surface area contributed by atoms with E-state index in [-0.39, 0.29) is 11.4 Å². The Bertz CT molecular complexity index is 438. The molecule has 1 aromatic rings. The molecule has 4 heteroatoms.